The van der Waals surface area contributed by atoms with Gasteiger partial charge in [0.2, 0.25) is 11.5 Å². The molecule has 2 aromatic rings. The van der Waals surface area contributed by atoms with Crippen LogP contribution in [0.5, 0.6) is 11.5 Å². The molecule has 0 bridgehead atoms. The molecule has 0 saturated carbocycles. The van der Waals surface area contributed by atoms with E-state index < -0.39 is 39.2 Å². The quantitative estimate of drug-likeness (QED) is 0.227. The number of piperidine rings is 1. The minimum Gasteiger partial charge on any atom is -0.338 e. The Morgan fingerprint density at radius 2 is 1.74 bits per heavy atom. The van der Waals surface area contributed by atoms with Crippen molar-refractivity contribution in [3.8, 4) is 11.5 Å². The molecule has 2 aliphatic heterocycles. The number of thiol groups is 2. The number of halogens is 3. The highest BCUT2D eigenvalue weighted by Gasteiger charge is 2.49. The number of amides is 2. The smallest absolute Gasteiger partial charge is 0.338 e. The van der Waals surface area contributed by atoms with Crippen molar-refractivity contribution in [3.63, 3.8) is 0 Å². The number of pyridine rings is 1. The first kappa shape index (κ1) is 28.0. The first-order valence-corrected chi connectivity index (χ1v) is 12.1. The SMILES string of the molecule is COOc1ccc(C2=NN(C3CCN(C(=O)c4cnccc4C(F)(F)F)CC3)C(=O)C2(S)S)cc1OOC. The van der Waals surface area contributed by atoms with Gasteiger partial charge in [-0.2, -0.15) is 28.0 Å². The minimum absolute atomic E-state index is 0.116. The molecule has 0 unspecified atom stereocenters. The number of hydrogen-bond donors (Lipinski definition) is 2. The van der Waals surface area contributed by atoms with E-state index in [1.165, 1.54) is 36.3 Å². The summed E-state index contributed by atoms with van der Waals surface area (Å²) in [5, 5.41) is 5.75. The molecule has 0 aliphatic carbocycles. The summed E-state index contributed by atoms with van der Waals surface area (Å²) in [5.41, 5.74) is -0.888. The van der Waals surface area contributed by atoms with Crippen molar-refractivity contribution >= 4 is 42.8 Å². The fourth-order valence-corrected chi connectivity index (χ4v) is 4.81. The third-order valence-electron chi connectivity index (χ3n) is 6.06. The van der Waals surface area contributed by atoms with Crippen molar-refractivity contribution < 1.29 is 42.3 Å². The van der Waals surface area contributed by atoms with Crippen LogP contribution in [0.15, 0.2) is 41.8 Å². The first-order chi connectivity index (χ1) is 18.0. The molecule has 1 saturated heterocycles. The maximum Gasteiger partial charge on any atom is 0.417 e. The van der Waals surface area contributed by atoms with Gasteiger partial charge < -0.3 is 14.7 Å². The van der Waals surface area contributed by atoms with Crippen LogP contribution in [0.2, 0.25) is 0 Å². The molecule has 10 nitrogen and oxygen atoms in total. The van der Waals surface area contributed by atoms with Gasteiger partial charge in [0.05, 0.1) is 31.4 Å². The number of carbonyl (C=O) groups is 2. The van der Waals surface area contributed by atoms with Gasteiger partial charge >= 0.3 is 6.18 Å². The average Bonchev–Trinajstić information content (AvgIpc) is 3.13. The van der Waals surface area contributed by atoms with E-state index in [2.05, 4.69) is 40.2 Å². The lowest BCUT2D eigenvalue weighted by molar-refractivity contribution is -0.201. The largest absolute Gasteiger partial charge is 0.417 e. The van der Waals surface area contributed by atoms with Gasteiger partial charge in [-0.05, 0) is 37.1 Å². The van der Waals surface area contributed by atoms with Crippen molar-refractivity contribution in [2.75, 3.05) is 27.3 Å². The van der Waals surface area contributed by atoms with E-state index in [-0.39, 0.29) is 43.1 Å². The van der Waals surface area contributed by atoms with E-state index in [9.17, 15) is 22.8 Å². The Bertz CT molecular complexity index is 1250. The van der Waals surface area contributed by atoms with Crippen molar-refractivity contribution in [1.82, 2.24) is 14.9 Å². The Morgan fingerprint density at radius 1 is 1.08 bits per heavy atom. The molecule has 3 heterocycles. The summed E-state index contributed by atoms with van der Waals surface area (Å²) in [4.78, 5) is 50.6. The molecule has 2 amide bonds. The first-order valence-electron chi connectivity index (χ1n) is 11.2. The molecule has 1 aromatic carbocycles. The zero-order valence-electron chi connectivity index (χ0n) is 20.1. The van der Waals surface area contributed by atoms with Gasteiger partial charge in [0.1, 0.15) is 5.71 Å². The van der Waals surface area contributed by atoms with Gasteiger partial charge in [0.15, 0.2) is 4.08 Å². The number of likely N-dealkylation sites (tertiary alicyclic amines) is 1. The topological polar surface area (TPSA) is 103 Å². The van der Waals surface area contributed by atoms with Crippen molar-refractivity contribution in [2.45, 2.75) is 29.1 Å². The second kappa shape index (κ2) is 11.0. The second-order valence-electron chi connectivity index (χ2n) is 8.37. The van der Waals surface area contributed by atoms with Gasteiger partial charge in [-0.3, -0.25) is 14.6 Å². The van der Waals surface area contributed by atoms with Crippen LogP contribution < -0.4 is 9.78 Å². The van der Waals surface area contributed by atoms with E-state index in [0.717, 1.165) is 18.5 Å². The highest BCUT2D eigenvalue weighted by atomic mass is 32.2. The number of benzene rings is 1. The maximum absolute atomic E-state index is 13.4. The van der Waals surface area contributed by atoms with E-state index in [1.807, 2.05) is 0 Å². The molecular formula is C23H23F3N4O6S2. The lowest BCUT2D eigenvalue weighted by Gasteiger charge is -2.35. The molecule has 15 heteroatoms. The van der Waals surface area contributed by atoms with Crippen LogP contribution >= 0.6 is 25.3 Å². The van der Waals surface area contributed by atoms with Gasteiger partial charge in [-0.15, -0.1) is 25.3 Å². The zero-order chi connectivity index (χ0) is 27.7. The molecule has 204 valence electrons. The summed E-state index contributed by atoms with van der Waals surface area (Å²) in [6.07, 6.45) is -2.22. The Labute approximate surface area is 226 Å². The Hall–Kier alpha value is -3.01. The second-order valence-corrected chi connectivity index (χ2v) is 10.1. The zero-order valence-corrected chi connectivity index (χ0v) is 21.9. The van der Waals surface area contributed by atoms with E-state index in [4.69, 9.17) is 14.7 Å². The van der Waals surface area contributed by atoms with E-state index >= 15 is 0 Å². The maximum atomic E-state index is 13.4. The molecule has 0 atom stereocenters. The van der Waals surface area contributed by atoms with Crippen LogP contribution in [-0.2, 0) is 20.7 Å². The Balaban J connectivity index is 1.52. The predicted octanol–water partition coefficient (Wildman–Crippen LogP) is 3.39. The number of alkyl halides is 3. The molecule has 1 aromatic heterocycles. The number of aromatic nitrogens is 1. The van der Waals surface area contributed by atoms with Crippen LogP contribution in [0, 0.1) is 0 Å². The van der Waals surface area contributed by atoms with Crippen LogP contribution in [0.3, 0.4) is 0 Å². The molecule has 1 fully saturated rings. The monoisotopic (exact) mass is 572 g/mol. The van der Waals surface area contributed by atoms with Crippen LogP contribution in [0.4, 0.5) is 13.2 Å². The summed E-state index contributed by atoms with van der Waals surface area (Å²) in [6, 6.07) is 5.00. The normalized spacial score (nSPS) is 18.0. The van der Waals surface area contributed by atoms with Crippen LogP contribution in [0.1, 0.15) is 34.3 Å². The van der Waals surface area contributed by atoms with Crippen LogP contribution in [0.25, 0.3) is 0 Å². The number of nitrogens with zero attached hydrogens (tertiary/aromatic N) is 4. The third-order valence-corrected chi connectivity index (χ3v) is 6.87. The summed E-state index contributed by atoms with van der Waals surface area (Å²) in [6.45, 7) is 0.233. The van der Waals surface area contributed by atoms with E-state index in [0.29, 0.717) is 5.56 Å². The Morgan fingerprint density at radius 3 is 2.37 bits per heavy atom. The average molecular weight is 573 g/mol. The van der Waals surface area contributed by atoms with Gasteiger partial charge in [-0.25, -0.2) is 5.01 Å². The number of hydrogen-bond acceptors (Lipinski definition) is 10. The number of rotatable bonds is 7. The molecule has 4 rings (SSSR count). The fourth-order valence-electron chi connectivity index (χ4n) is 4.26. The minimum atomic E-state index is -4.69. The fraction of sp³-hybridized carbons (Fsp3) is 0.391. The van der Waals surface area contributed by atoms with Crippen LogP contribution in [-0.4, -0.2) is 69.8 Å². The molecular weight excluding hydrogens is 549 g/mol. The standard InChI is InChI=1S/C23H23F3N4O6S2/c1-33-35-17-4-3-13(11-18(17)36-34-2)19-22(37,38)21(32)30(28-19)14-6-9-29(10-7-14)20(31)15-12-27-8-5-16(15)23(24,25)26/h3-5,8,11-12,14,37-38H,6-7,9-10H2,1-2H3. The predicted molar refractivity (Wildman–Crippen MR) is 134 cm³/mol. The van der Waals surface area contributed by atoms with Gasteiger partial charge in [0.25, 0.3) is 11.8 Å². The summed E-state index contributed by atoms with van der Waals surface area (Å²) >= 11 is 8.91. The van der Waals surface area contributed by atoms with E-state index in [1.54, 1.807) is 6.07 Å². The van der Waals surface area contributed by atoms with Gasteiger partial charge in [-0.1, -0.05) is 0 Å². The van der Waals surface area contributed by atoms with Crippen molar-refractivity contribution in [3.05, 3.63) is 53.3 Å². The van der Waals surface area contributed by atoms with Gasteiger partial charge in [0, 0.05) is 31.0 Å². The molecule has 38 heavy (non-hydrogen) atoms. The summed E-state index contributed by atoms with van der Waals surface area (Å²) < 4.78 is 38.5. The highest BCUT2D eigenvalue weighted by molar-refractivity contribution is 8.03. The number of hydrazone groups is 1. The highest BCUT2D eigenvalue weighted by Crippen LogP contribution is 2.39. The van der Waals surface area contributed by atoms with Crippen molar-refractivity contribution in [2.24, 2.45) is 5.10 Å². The Kier molecular flexibility index (Phi) is 8.11. The lowest BCUT2D eigenvalue weighted by atomic mass is 10.0. The summed E-state index contributed by atoms with van der Waals surface area (Å²) in [7, 11) is 2.62. The molecule has 2 aliphatic rings. The van der Waals surface area contributed by atoms with Crippen molar-refractivity contribution in [1.29, 1.82) is 0 Å². The molecule has 0 N–H and O–H groups in total. The third kappa shape index (κ3) is 5.41. The summed E-state index contributed by atoms with van der Waals surface area (Å²) in [5.74, 6) is -0.911. The molecule has 0 radical (unpaired) electrons. The molecule has 0 spiro atoms. The lowest BCUT2D eigenvalue weighted by Crippen LogP contribution is -2.48. The number of carbonyl (C=O) groups excluding carboxylic acids is 2.